The van der Waals surface area contributed by atoms with E-state index in [1.807, 2.05) is 0 Å². The molecule has 1 saturated heterocycles. The highest BCUT2D eigenvalue weighted by Gasteiger charge is 2.43. The number of piperidine rings is 1. The van der Waals surface area contributed by atoms with Crippen LogP contribution in [-0.4, -0.2) is 38.7 Å². The van der Waals surface area contributed by atoms with Gasteiger partial charge in [0.25, 0.3) is 0 Å². The second-order valence-electron chi connectivity index (χ2n) is 8.10. The Morgan fingerprint density at radius 2 is 1.75 bits per heavy atom. The number of ketones is 1. The van der Waals surface area contributed by atoms with Crippen LogP contribution in [0.4, 0.5) is 13.2 Å². The van der Waals surface area contributed by atoms with Gasteiger partial charge >= 0.3 is 0 Å². The number of benzene rings is 1. The van der Waals surface area contributed by atoms with Crippen LogP contribution < -0.4 is 0 Å². The second-order valence-corrected chi connectivity index (χ2v) is 8.10. The van der Waals surface area contributed by atoms with Crippen LogP contribution in [0.1, 0.15) is 45.7 Å². The van der Waals surface area contributed by atoms with Gasteiger partial charge in [-0.25, -0.2) is 23.7 Å². The van der Waals surface area contributed by atoms with Gasteiger partial charge in [-0.3, -0.25) is 9.69 Å². The van der Waals surface area contributed by atoms with Crippen molar-refractivity contribution in [1.29, 1.82) is 0 Å². The maximum absolute atomic E-state index is 13.4. The number of carbonyl (C=O) groups is 1. The number of hydrogen-bond donors (Lipinski definition) is 0. The molecule has 32 heavy (non-hydrogen) atoms. The molecule has 0 N–H and O–H groups in total. The van der Waals surface area contributed by atoms with E-state index in [-0.39, 0.29) is 11.4 Å². The molecule has 0 radical (unpaired) electrons. The van der Waals surface area contributed by atoms with Gasteiger partial charge in [0.15, 0.2) is 11.6 Å². The normalized spacial score (nSPS) is 17.5. The summed E-state index contributed by atoms with van der Waals surface area (Å²) >= 11 is 0. The zero-order chi connectivity index (χ0) is 22.3. The summed E-state index contributed by atoms with van der Waals surface area (Å²) in [5, 5.41) is 0. The van der Waals surface area contributed by atoms with E-state index in [9.17, 15) is 18.0 Å². The number of hydrogen-bond acceptors (Lipinski definition) is 6. The minimum absolute atomic E-state index is 0.0100. The highest BCUT2D eigenvalue weighted by Crippen LogP contribution is 2.44. The first kappa shape index (κ1) is 20.7. The number of ether oxygens (including phenoxy) is 1. The molecule has 164 valence electrons. The van der Waals surface area contributed by atoms with E-state index in [4.69, 9.17) is 4.74 Å². The molecule has 5 rings (SSSR count). The second kappa shape index (κ2) is 8.07. The van der Waals surface area contributed by atoms with Gasteiger partial charge in [0.2, 0.25) is 17.6 Å². The van der Waals surface area contributed by atoms with E-state index >= 15 is 0 Å². The smallest absolute Gasteiger partial charge is 0.230 e. The van der Waals surface area contributed by atoms with Gasteiger partial charge in [-0.2, -0.15) is 4.39 Å². The van der Waals surface area contributed by atoms with Crippen molar-refractivity contribution in [2.45, 2.75) is 31.6 Å². The lowest BCUT2D eigenvalue weighted by molar-refractivity contribution is -0.0800. The molecule has 2 aliphatic heterocycles. The predicted molar refractivity (Wildman–Crippen MR) is 107 cm³/mol. The van der Waals surface area contributed by atoms with Crippen LogP contribution >= 0.6 is 0 Å². The van der Waals surface area contributed by atoms with Crippen molar-refractivity contribution in [1.82, 2.24) is 19.9 Å². The van der Waals surface area contributed by atoms with Crippen LogP contribution in [0.2, 0.25) is 0 Å². The molecule has 0 amide bonds. The average molecular weight is 440 g/mol. The predicted octanol–water partition coefficient (Wildman–Crippen LogP) is 3.54. The molecule has 1 aromatic carbocycles. The van der Waals surface area contributed by atoms with E-state index in [1.165, 1.54) is 12.1 Å². The number of likely N-dealkylation sites (tertiary alicyclic amines) is 1. The summed E-state index contributed by atoms with van der Waals surface area (Å²) in [4.78, 5) is 26.7. The summed E-state index contributed by atoms with van der Waals surface area (Å²) in [5.41, 5.74) is 2.25. The van der Waals surface area contributed by atoms with Crippen molar-refractivity contribution in [2.24, 2.45) is 0 Å². The molecule has 0 saturated carbocycles. The number of pyridine rings is 1. The average Bonchev–Trinajstić information content (AvgIpc) is 3.14. The molecular weight excluding hydrogens is 421 g/mol. The quantitative estimate of drug-likeness (QED) is 0.457. The summed E-state index contributed by atoms with van der Waals surface area (Å²) < 4.78 is 45.9. The molecule has 0 unspecified atom stereocenters. The summed E-state index contributed by atoms with van der Waals surface area (Å²) in [7, 11) is 0. The number of rotatable bonds is 4. The van der Waals surface area contributed by atoms with E-state index in [1.54, 1.807) is 18.6 Å². The van der Waals surface area contributed by atoms with Crippen LogP contribution in [0.3, 0.4) is 0 Å². The summed E-state index contributed by atoms with van der Waals surface area (Å²) in [6.07, 6.45) is 6.25. The lowest BCUT2D eigenvalue weighted by Gasteiger charge is -2.39. The van der Waals surface area contributed by atoms with Gasteiger partial charge < -0.3 is 4.74 Å². The molecule has 3 aromatic rings. The highest BCUT2D eigenvalue weighted by molar-refractivity contribution is 6.06. The Morgan fingerprint density at radius 1 is 1.00 bits per heavy atom. The molecule has 0 aliphatic carbocycles. The monoisotopic (exact) mass is 440 g/mol. The minimum atomic E-state index is -1.09. The van der Waals surface area contributed by atoms with Crippen molar-refractivity contribution < 1.29 is 22.7 Å². The van der Waals surface area contributed by atoms with Gasteiger partial charge in [-0.15, -0.1) is 0 Å². The molecule has 1 spiro atoms. The van der Waals surface area contributed by atoms with E-state index in [0.29, 0.717) is 13.2 Å². The van der Waals surface area contributed by atoms with Crippen molar-refractivity contribution in [2.75, 3.05) is 13.1 Å². The van der Waals surface area contributed by atoms with Crippen molar-refractivity contribution in [3.05, 3.63) is 88.5 Å². The highest BCUT2D eigenvalue weighted by atomic mass is 19.2. The van der Waals surface area contributed by atoms with Crippen molar-refractivity contribution in [3.63, 3.8) is 0 Å². The zero-order valence-corrected chi connectivity index (χ0v) is 17.0. The zero-order valence-electron chi connectivity index (χ0n) is 17.0. The fourth-order valence-electron chi connectivity index (χ4n) is 4.36. The van der Waals surface area contributed by atoms with Crippen LogP contribution in [-0.2, 0) is 23.5 Å². The molecule has 0 atom stereocenters. The van der Waals surface area contributed by atoms with E-state index < -0.39 is 29.0 Å². The van der Waals surface area contributed by atoms with Crippen LogP contribution in [0, 0.1) is 17.6 Å². The molecule has 9 heteroatoms. The molecular formula is C23H19F3N4O2. The van der Waals surface area contributed by atoms with Gasteiger partial charge in [-0.05, 0) is 42.7 Å². The Morgan fingerprint density at radius 3 is 2.47 bits per heavy atom. The molecule has 0 bridgehead atoms. The summed E-state index contributed by atoms with van der Waals surface area (Å²) in [6.45, 7) is 2.54. The number of fused-ring (bicyclic) bond motifs is 2. The van der Waals surface area contributed by atoms with Crippen LogP contribution in [0.25, 0.3) is 0 Å². The lowest BCUT2D eigenvalue weighted by Crippen LogP contribution is -2.42. The third kappa shape index (κ3) is 3.78. The first-order valence-corrected chi connectivity index (χ1v) is 10.3. The Balaban J connectivity index is 1.22. The number of nitrogens with zero attached hydrogens (tertiary/aromatic N) is 4. The molecule has 1 fully saturated rings. The van der Waals surface area contributed by atoms with Gasteiger partial charge in [0.1, 0.15) is 0 Å². The van der Waals surface area contributed by atoms with Crippen molar-refractivity contribution in [3.8, 4) is 0 Å². The topological polar surface area (TPSA) is 68.2 Å². The molecule has 6 nitrogen and oxygen atoms in total. The minimum Gasteiger partial charge on any atom is -0.365 e. The van der Waals surface area contributed by atoms with Crippen molar-refractivity contribution >= 4 is 5.78 Å². The number of aromatic nitrogens is 3. The van der Waals surface area contributed by atoms with Gasteiger partial charge in [-0.1, -0.05) is 0 Å². The molecule has 2 aromatic heterocycles. The van der Waals surface area contributed by atoms with Gasteiger partial charge in [0.05, 0.1) is 12.2 Å². The summed E-state index contributed by atoms with van der Waals surface area (Å²) in [5.74, 6) is -3.25. The first-order valence-electron chi connectivity index (χ1n) is 10.3. The van der Waals surface area contributed by atoms with Crippen LogP contribution in [0.5, 0.6) is 0 Å². The van der Waals surface area contributed by atoms with Crippen LogP contribution in [0.15, 0.2) is 42.9 Å². The van der Waals surface area contributed by atoms with Gasteiger partial charge in [0, 0.05) is 54.9 Å². The molecule has 2 aliphatic rings. The molecule has 4 heterocycles. The Kier molecular flexibility index (Phi) is 5.22. The Hall–Kier alpha value is -3.17. The van der Waals surface area contributed by atoms with E-state index in [2.05, 4.69) is 19.9 Å². The Labute approximate surface area is 182 Å². The number of carbonyl (C=O) groups excluding carboxylic acids is 1. The first-order chi connectivity index (χ1) is 15.4. The standard InChI is InChI=1S/C23H19F3N4O2/c24-18-2-1-15(7-19(18)25)21(31)22-28-9-14(10-29-22)12-30-5-3-23(4-6-30)17-11-27-20(26)8-16(17)13-32-23/h1-2,7-11H,3-6,12-13H2. The number of halogens is 3. The van der Waals surface area contributed by atoms with E-state index in [0.717, 1.165) is 54.8 Å². The third-order valence-corrected chi connectivity index (χ3v) is 6.11. The lowest BCUT2D eigenvalue weighted by atomic mass is 9.84. The third-order valence-electron chi connectivity index (χ3n) is 6.11. The largest absolute Gasteiger partial charge is 0.365 e. The summed E-state index contributed by atoms with van der Waals surface area (Å²) in [6, 6.07) is 4.39. The fourth-order valence-corrected chi connectivity index (χ4v) is 4.36. The maximum atomic E-state index is 13.4. The SMILES string of the molecule is O=C(c1ccc(F)c(F)c1)c1ncc(CN2CCC3(CC2)OCc2cc(F)ncc23)cn1. The maximum Gasteiger partial charge on any atom is 0.230 e. The fraction of sp³-hybridized carbons (Fsp3) is 0.304. The Bertz CT molecular complexity index is 1180.